The quantitative estimate of drug-likeness (QED) is 0.566. The minimum atomic E-state index is -0.234. The predicted octanol–water partition coefficient (Wildman–Crippen LogP) is 0.636. The molecule has 0 aliphatic carbocycles. The van der Waals surface area contributed by atoms with Gasteiger partial charge in [0.2, 0.25) is 10.5 Å². The van der Waals surface area contributed by atoms with Gasteiger partial charge in [-0.05, 0) is 19.8 Å². The van der Waals surface area contributed by atoms with Gasteiger partial charge in [-0.1, -0.05) is 13.8 Å². The first-order valence-corrected chi connectivity index (χ1v) is 4.50. The zero-order valence-corrected chi connectivity index (χ0v) is 9.23. The molecule has 0 aromatic carbocycles. The maximum atomic E-state index is 11.1. The molecule has 0 amide bonds. The van der Waals surface area contributed by atoms with Crippen molar-refractivity contribution in [2.24, 2.45) is 5.41 Å². The van der Waals surface area contributed by atoms with Crippen LogP contribution in [-0.2, 0) is 9.22 Å². The van der Waals surface area contributed by atoms with Crippen LogP contribution in [0.3, 0.4) is 0 Å². The van der Waals surface area contributed by atoms with Crippen LogP contribution in [0.4, 0.5) is 0 Å². The van der Waals surface area contributed by atoms with Crippen molar-refractivity contribution in [2.45, 2.75) is 33.6 Å². The number of carbonyl (C=O) groups excluding carboxylic acids is 1. The Balaban J connectivity index is 4.17. The van der Waals surface area contributed by atoms with Crippen LogP contribution < -0.4 is 0 Å². The monoisotopic (exact) mass is 160 g/mol. The van der Waals surface area contributed by atoms with Crippen LogP contribution in [0.5, 0.6) is 0 Å². The smallest absolute Gasteiger partial charge is 0.297 e. The molecule has 0 saturated heterocycles. The normalized spacial score (nSPS) is 11.5. The molecular weight excluding hydrogens is 144 g/mol. The van der Waals surface area contributed by atoms with Gasteiger partial charge in [0.25, 0.3) is 5.97 Å². The van der Waals surface area contributed by atoms with Crippen LogP contribution in [0.15, 0.2) is 0 Å². The van der Waals surface area contributed by atoms with E-state index in [1.54, 1.807) is 0 Å². The Bertz CT molecular complexity index is 119. The van der Waals surface area contributed by atoms with Crippen molar-refractivity contribution in [3.8, 4) is 0 Å². The van der Waals surface area contributed by atoms with Crippen LogP contribution >= 0.6 is 0 Å². The molecule has 0 aromatic heterocycles. The highest BCUT2D eigenvalue weighted by Gasteiger charge is 2.29. The van der Waals surface area contributed by atoms with Gasteiger partial charge in [0, 0.05) is 0 Å². The average Bonchev–Trinajstić information content (AvgIpc) is 2.01. The maximum absolute atomic E-state index is 11.1. The second-order valence-corrected chi connectivity index (χ2v) is 3.17. The zero-order chi connectivity index (χ0) is 8.20. The van der Waals surface area contributed by atoms with Crippen LogP contribution in [0.2, 0.25) is 0 Å². The van der Waals surface area contributed by atoms with E-state index in [1.165, 1.54) is 0 Å². The van der Waals surface area contributed by atoms with Crippen molar-refractivity contribution in [3.63, 3.8) is 0 Å². The first-order valence-electron chi connectivity index (χ1n) is 3.69. The summed E-state index contributed by atoms with van der Waals surface area (Å²) in [6, 6.07) is 0. The van der Waals surface area contributed by atoms with E-state index in [0.717, 1.165) is 12.8 Å². The molecule has 0 aliphatic heterocycles. The Morgan fingerprint density at radius 2 is 1.90 bits per heavy atom. The summed E-state index contributed by atoms with van der Waals surface area (Å²) in [5, 5.41) is 0. The maximum Gasteiger partial charge on any atom is 0.297 e. The van der Waals surface area contributed by atoms with Crippen molar-refractivity contribution in [2.75, 3.05) is 0 Å². The fourth-order valence-electron chi connectivity index (χ4n) is 0.785. The summed E-state index contributed by atoms with van der Waals surface area (Å²) in [5.41, 5.74) is -0.234. The molecule has 0 N–H and O–H groups in total. The molecule has 0 unspecified atom stereocenters. The van der Waals surface area contributed by atoms with E-state index >= 15 is 0 Å². The van der Waals surface area contributed by atoms with E-state index in [4.69, 9.17) is 4.43 Å². The molecule has 3 heteroatoms. The predicted molar refractivity (Wildman–Crippen MR) is 44.7 cm³/mol. The molecular formula is C7H16O2Si. The summed E-state index contributed by atoms with van der Waals surface area (Å²) in [4.78, 5) is 11.1. The largest absolute Gasteiger partial charge is 0.528 e. The Labute approximate surface area is 65.5 Å². The van der Waals surface area contributed by atoms with E-state index in [2.05, 4.69) is 0 Å². The lowest BCUT2D eigenvalue weighted by atomic mass is 9.85. The van der Waals surface area contributed by atoms with Gasteiger partial charge in [-0.25, -0.2) is 0 Å². The van der Waals surface area contributed by atoms with Crippen molar-refractivity contribution in [1.29, 1.82) is 0 Å². The number of rotatable bonds is 3. The van der Waals surface area contributed by atoms with Gasteiger partial charge in [0.1, 0.15) is 0 Å². The summed E-state index contributed by atoms with van der Waals surface area (Å²) >= 11 is 0. The molecule has 0 spiro atoms. The van der Waals surface area contributed by atoms with Crippen LogP contribution in [0.1, 0.15) is 33.6 Å². The van der Waals surface area contributed by atoms with Crippen molar-refractivity contribution in [3.05, 3.63) is 0 Å². The molecule has 0 bridgehead atoms. The number of hydrogen-bond acceptors (Lipinski definition) is 2. The van der Waals surface area contributed by atoms with E-state index < -0.39 is 0 Å². The fraction of sp³-hybridized carbons (Fsp3) is 0.857. The number of hydrogen-bond donors (Lipinski definition) is 0. The van der Waals surface area contributed by atoms with Crippen LogP contribution in [0, 0.1) is 5.41 Å². The van der Waals surface area contributed by atoms with Crippen molar-refractivity contribution in [1.82, 2.24) is 0 Å². The Kier molecular flexibility index (Phi) is 3.64. The Morgan fingerprint density at radius 3 is 2.00 bits per heavy atom. The van der Waals surface area contributed by atoms with Crippen LogP contribution in [0.25, 0.3) is 0 Å². The first kappa shape index (κ1) is 9.69. The van der Waals surface area contributed by atoms with E-state index in [1.807, 2.05) is 20.8 Å². The van der Waals surface area contributed by atoms with E-state index in [9.17, 15) is 4.79 Å². The average molecular weight is 160 g/mol. The summed E-state index contributed by atoms with van der Waals surface area (Å²) in [7, 11) is 0.513. The van der Waals surface area contributed by atoms with Gasteiger partial charge in [-0.2, -0.15) is 0 Å². The van der Waals surface area contributed by atoms with Crippen molar-refractivity contribution < 1.29 is 9.22 Å². The molecule has 0 aliphatic rings. The summed E-state index contributed by atoms with van der Waals surface area (Å²) in [5.74, 6) is -0.0378. The van der Waals surface area contributed by atoms with Gasteiger partial charge in [-0.3, -0.25) is 4.79 Å². The molecule has 0 heterocycles. The fourth-order valence-corrected chi connectivity index (χ4v) is 1.28. The molecule has 0 fully saturated rings. The SMILES string of the molecule is CCC(C)(CC)C(=O)O[SiH3]. The lowest BCUT2D eigenvalue weighted by Gasteiger charge is -2.22. The van der Waals surface area contributed by atoms with Gasteiger partial charge >= 0.3 is 0 Å². The summed E-state index contributed by atoms with van der Waals surface area (Å²) in [6.07, 6.45) is 1.73. The third-order valence-corrected chi connectivity index (χ3v) is 2.61. The highest BCUT2D eigenvalue weighted by Crippen LogP contribution is 2.26. The van der Waals surface area contributed by atoms with Gasteiger partial charge in [-0.15, -0.1) is 0 Å². The molecule has 0 atom stereocenters. The van der Waals surface area contributed by atoms with Crippen LogP contribution in [-0.4, -0.2) is 16.5 Å². The number of carbonyl (C=O) groups is 1. The molecule has 60 valence electrons. The van der Waals surface area contributed by atoms with Gasteiger partial charge < -0.3 is 4.43 Å². The lowest BCUT2D eigenvalue weighted by Crippen LogP contribution is -2.27. The lowest BCUT2D eigenvalue weighted by molar-refractivity contribution is -0.144. The highest BCUT2D eigenvalue weighted by molar-refractivity contribution is 6.06. The van der Waals surface area contributed by atoms with E-state index in [0.29, 0.717) is 10.5 Å². The molecule has 0 radical (unpaired) electrons. The molecule has 0 saturated carbocycles. The first-order chi connectivity index (χ1) is 4.60. The summed E-state index contributed by atoms with van der Waals surface area (Å²) in [6.45, 7) is 5.98. The standard InChI is InChI=1S/C7H16O2Si/c1-4-7(3,5-2)6(8)9-10/h4-5H2,1-3,10H3. The topological polar surface area (TPSA) is 26.3 Å². The Hall–Kier alpha value is -0.313. The molecule has 0 rings (SSSR count). The Morgan fingerprint density at radius 1 is 1.50 bits per heavy atom. The minimum absolute atomic E-state index is 0.0378. The minimum Gasteiger partial charge on any atom is -0.528 e. The molecule has 2 nitrogen and oxygen atoms in total. The van der Waals surface area contributed by atoms with Crippen molar-refractivity contribution >= 4 is 16.5 Å². The highest BCUT2D eigenvalue weighted by atomic mass is 28.2. The molecule has 0 aromatic rings. The summed E-state index contributed by atoms with van der Waals surface area (Å²) < 4.78 is 4.80. The third kappa shape index (κ3) is 1.83. The zero-order valence-electron chi connectivity index (χ0n) is 7.23. The van der Waals surface area contributed by atoms with Gasteiger partial charge in [0.05, 0.1) is 5.41 Å². The van der Waals surface area contributed by atoms with Gasteiger partial charge in [0.15, 0.2) is 0 Å². The van der Waals surface area contributed by atoms with E-state index in [-0.39, 0.29) is 11.4 Å². The second-order valence-electron chi connectivity index (χ2n) is 2.76. The second kappa shape index (κ2) is 3.76. The molecule has 10 heavy (non-hydrogen) atoms. The third-order valence-electron chi connectivity index (χ3n) is 2.24.